The van der Waals surface area contributed by atoms with Crippen LogP contribution in [0.5, 0.6) is 5.75 Å². The van der Waals surface area contributed by atoms with E-state index in [-0.39, 0.29) is 24.7 Å². The first kappa shape index (κ1) is 34.2. The lowest BCUT2D eigenvalue weighted by atomic mass is 10.0. The fraction of sp³-hybridized carbons (Fsp3) is 0.250. The van der Waals surface area contributed by atoms with Crippen molar-refractivity contribution in [1.29, 1.82) is 0 Å². The molecule has 4 amide bonds. The number of nitrogens with zero attached hydrogens (tertiary/aromatic N) is 1. The van der Waals surface area contributed by atoms with Crippen molar-refractivity contribution in [2.24, 2.45) is 0 Å². The lowest BCUT2D eigenvalue weighted by Crippen LogP contribution is -2.32. The number of nitrogens with one attached hydrogen (secondary N) is 4. The molecule has 0 spiro atoms. The molecule has 1 aromatic heterocycles. The number of aromatic nitrogens is 1. The van der Waals surface area contributed by atoms with Crippen molar-refractivity contribution in [1.82, 2.24) is 10.3 Å². The van der Waals surface area contributed by atoms with E-state index in [1.54, 1.807) is 81.6 Å². The lowest BCUT2D eigenvalue weighted by Gasteiger charge is -2.23. The highest BCUT2D eigenvalue weighted by Crippen LogP contribution is 2.27. The first-order valence-corrected chi connectivity index (χ1v) is 15.0. The van der Waals surface area contributed by atoms with Crippen molar-refractivity contribution in [2.75, 3.05) is 23.1 Å². The summed E-state index contributed by atoms with van der Waals surface area (Å²) in [6.07, 6.45) is 2.98. The second-order valence-corrected chi connectivity index (χ2v) is 11.8. The Morgan fingerprint density at radius 2 is 1.57 bits per heavy atom. The molecule has 11 heteroatoms. The predicted molar refractivity (Wildman–Crippen MR) is 180 cm³/mol. The van der Waals surface area contributed by atoms with Gasteiger partial charge in [-0.05, 0) is 86.8 Å². The molecule has 0 aliphatic heterocycles. The van der Waals surface area contributed by atoms with Crippen LogP contribution in [0.25, 0.3) is 0 Å². The number of methoxy groups -OCH3 is 1. The second kappa shape index (κ2) is 15.5. The van der Waals surface area contributed by atoms with E-state index in [1.165, 1.54) is 13.3 Å². The number of anilines is 3. The largest absolute Gasteiger partial charge is 0.495 e. The van der Waals surface area contributed by atoms with Crippen molar-refractivity contribution in [2.45, 2.75) is 52.2 Å². The molecule has 0 aliphatic carbocycles. The summed E-state index contributed by atoms with van der Waals surface area (Å²) in [6, 6.07) is 21.6. The third-order valence-corrected chi connectivity index (χ3v) is 6.89. The number of benzene rings is 3. The van der Waals surface area contributed by atoms with Crippen LogP contribution in [-0.4, -0.2) is 41.5 Å². The number of para-hydroxylation sites is 1. The van der Waals surface area contributed by atoms with Crippen molar-refractivity contribution in [3.63, 3.8) is 0 Å². The molecule has 1 heterocycles. The molecule has 244 valence electrons. The molecule has 4 aromatic rings. The quantitative estimate of drug-likeness (QED) is 0.139. The highest BCUT2D eigenvalue weighted by molar-refractivity contribution is 6.01. The molecule has 3 aromatic carbocycles. The van der Waals surface area contributed by atoms with Gasteiger partial charge in [-0.15, -0.1) is 0 Å². The Bertz CT molecular complexity index is 1720. The van der Waals surface area contributed by atoms with E-state index in [9.17, 15) is 19.2 Å². The molecule has 0 aliphatic rings. The van der Waals surface area contributed by atoms with Crippen LogP contribution < -0.4 is 26.0 Å². The van der Waals surface area contributed by atoms with E-state index in [0.29, 0.717) is 39.5 Å². The maximum Gasteiger partial charge on any atom is 0.323 e. The Balaban J connectivity index is 1.39. The standard InChI is InChI=1S/C36H39N5O6/c1-23-9-6-7-11-28(23)40-35(45)41-29-17-12-24(19-31(29)46-5)20-32(42)38-27-15-13-25(14-16-27)30(21-33(43)47-36(2,3)4)39-34(44)26-10-8-18-37-22-26/h6-19,22,30H,20-21H2,1-5H3,(H,38,42)(H,39,44)(H2,40,41,45). The zero-order valence-corrected chi connectivity index (χ0v) is 27.0. The van der Waals surface area contributed by atoms with Gasteiger partial charge in [-0.2, -0.15) is 0 Å². The molecule has 1 unspecified atom stereocenters. The Hall–Kier alpha value is -5.71. The molecule has 1 atom stereocenters. The molecular formula is C36H39N5O6. The van der Waals surface area contributed by atoms with Crippen LogP contribution in [0.1, 0.15) is 60.3 Å². The zero-order valence-electron chi connectivity index (χ0n) is 27.0. The number of rotatable bonds is 11. The first-order valence-electron chi connectivity index (χ1n) is 15.0. The summed E-state index contributed by atoms with van der Waals surface area (Å²) < 4.78 is 11.0. The van der Waals surface area contributed by atoms with Gasteiger partial charge in [0.25, 0.3) is 5.91 Å². The third-order valence-electron chi connectivity index (χ3n) is 6.89. The second-order valence-electron chi connectivity index (χ2n) is 11.8. The van der Waals surface area contributed by atoms with Gasteiger partial charge in [-0.3, -0.25) is 19.4 Å². The normalized spacial score (nSPS) is 11.5. The van der Waals surface area contributed by atoms with Gasteiger partial charge in [0.1, 0.15) is 11.4 Å². The highest BCUT2D eigenvalue weighted by atomic mass is 16.6. The molecule has 4 N–H and O–H groups in total. The minimum atomic E-state index is -0.680. The molecule has 47 heavy (non-hydrogen) atoms. The van der Waals surface area contributed by atoms with Crippen LogP contribution in [-0.2, 0) is 20.7 Å². The summed E-state index contributed by atoms with van der Waals surface area (Å²) in [7, 11) is 1.49. The molecule has 0 saturated heterocycles. The van der Waals surface area contributed by atoms with E-state index in [0.717, 1.165) is 5.56 Å². The fourth-order valence-electron chi connectivity index (χ4n) is 4.67. The van der Waals surface area contributed by atoms with E-state index in [2.05, 4.69) is 26.3 Å². The van der Waals surface area contributed by atoms with Gasteiger partial charge < -0.3 is 30.7 Å². The van der Waals surface area contributed by atoms with E-state index in [4.69, 9.17) is 9.47 Å². The molecule has 4 rings (SSSR count). The number of hydrogen-bond acceptors (Lipinski definition) is 7. The Labute approximate surface area is 274 Å². The number of carbonyl (C=O) groups is 4. The topological polar surface area (TPSA) is 148 Å². The number of urea groups is 1. The number of esters is 1. The van der Waals surface area contributed by atoms with E-state index in [1.807, 2.05) is 31.2 Å². The molecule has 0 bridgehead atoms. The average molecular weight is 638 g/mol. The maximum atomic E-state index is 12.9. The smallest absolute Gasteiger partial charge is 0.323 e. The predicted octanol–water partition coefficient (Wildman–Crippen LogP) is 6.43. The van der Waals surface area contributed by atoms with Gasteiger partial charge in [-0.1, -0.05) is 36.4 Å². The number of ether oxygens (including phenoxy) is 2. The summed E-state index contributed by atoms with van der Waals surface area (Å²) in [6.45, 7) is 7.23. The van der Waals surface area contributed by atoms with Crippen molar-refractivity contribution >= 4 is 40.9 Å². The van der Waals surface area contributed by atoms with Crippen LogP contribution in [0, 0.1) is 6.92 Å². The van der Waals surface area contributed by atoms with Gasteiger partial charge in [0.2, 0.25) is 5.91 Å². The monoisotopic (exact) mass is 637 g/mol. The Kier molecular flexibility index (Phi) is 11.3. The fourth-order valence-corrected chi connectivity index (χ4v) is 4.67. The number of hydrogen-bond donors (Lipinski definition) is 4. The molecular weight excluding hydrogens is 598 g/mol. The average Bonchev–Trinajstić information content (AvgIpc) is 3.02. The lowest BCUT2D eigenvalue weighted by molar-refractivity contribution is -0.155. The van der Waals surface area contributed by atoms with Gasteiger partial charge in [0, 0.05) is 23.8 Å². The number of pyridine rings is 1. The SMILES string of the molecule is COc1cc(CC(=O)Nc2ccc(C(CC(=O)OC(C)(C)C)NC(=O)c3cccnc3)cc2)ccc1NC(=O)Nc1ccccc1C. The van der Waals surface area contributed by atoms with Crippen LogP contribution >= 0.6 is 0 Å². The molecule has 0 fully saturated rings. The van der Waals surface area contributed by atoms with Gasteiger partial charge in [-0.25, -0.2) is 4.79 Å². The summed E-state index contributed by atoms with van der Waals surface area (Å²) in [5.41, 5.74) is 3.62. The molecule has 0 radical (unpaired) electrons. The summed E-state index contributed by atoms with van der Waals surface area (Å²) in [5, 5.41) is 11.4. The van der Waals surface area contributed by atoms with Gasteiger partial charge >= 0.3 is 12.0 Å². The van der Waals surface area contributed by atoms with E-state index < -0.39 is 23.6 Å². The Morgan fingerprint density at radius 1 is 0.851 bits per heavy atom. The summed E-state index contributed by atoms with van der Waals surface area (Å²) >= 11 is 0. The summed E-state index contributed by atoms with van der Waals surface area (Å²) in [4.78, 5) is 55.1. The zero-order chi connectivity index (χ0) is 34.0. The Morgan fingerprint density at radius 3 is 2.23 bits per heavy atom. The molecule has 0 saturated carbocycles. The summed E-state index contributed by atoms with van der Waals surface area (Å²) in [5.74, 6) is -0.709. The molecule has 11 nitrogen and oxygen atoms in total. The number of amides is 4. The minimum Gasteiger partial charge on any atom is -0.495 e. The van der Waals surface area contributed by atoms with Crippen molar-refractivity contribution < 1.29 is 28.7 Å². The highest BCUT2D eigenvalue weighted by Gasteiger charge is 2.24. The van der Waals surface area contributed by atoms with Gasteiger partial charge in [0.05, 0.1) is 37.2 Å². The van der Waals surface area contributed by atoms with Crippen LogP contribution in [0.2, 0.25) is 0 Å². The minimum absolute atomic E-state index is 0.0518. The van der Waals surface area contributed by atoms with Crippen molar-refractivity contribution in [3.8, 4) is 5.75 Å². The van der Waals surface area contributed by atoms with Gasteiger partial charge in [0.15, 0.2) is 0 Å². The van der Waals surface area contributed by atoms with Crippen LogP contribution in [0.4, 0.5) is 21.9 Å². The van der Waals surface area contributed by atoms with Crippen LogP contribution in [0.3, 0.4) is 0 Å². The van der Waals surface area contributed by atoms with Crippen molar-refractivity contribution in [3.05, 3.63) is 114 Å². The first-order chi connectivity index (χ1) is 22.4. The van der Waals surface area contributed by atoms with E-state index >= 15 is 0 Å². The van der Waals surface area contributed by atoms with Crippen LogP contribution in [0.15, 0.2) is 91.3 Å². The number of carbonyl (C=O) groups excluding carboxylic acids is 4. The third kappa shape index (κ3) is 10.4. The number of aryl methyl sites for hydroxylation is 1. The maximum absolute atomic E-state index is 12.9.